The van der Waals surface area contributed by atoms with Crippen molar-refractivity contribution < 1.29 is 27.8 Å². The average molecular weight is 386 g/mol. The Morgan fingerprint density at radius 1 is 1.15 bits per heavy atom. The molecule has 1 aromatic heterocycles. The Morgan fingerprint density at radius 3 is 2.30 bits per heavy atom. The molecule has 0 radical (unpaired) electrons. The van der Waals surface area contributed by atoms with Gasteiger partial charge in [0.2, 0.25) is 0 Å². The summed E-state index contributed by atoms with van der Waals surface area (Å²) in [5, 5.41) is 23.8. The lowest BCUT2D eigenvalue weighted by Crippen LogP contribution is -2.22. The quantitative estimate of drug-likeness (QED) is 0.610. The van der Waals surface area contributed by atoms with Crippen LogP contribution in [0.25, 0.3) is 0 Å². The Kier molecular flexibility index (Phi) is 4.96. The first-order chi connectivity index (χ1) is 12.4. The predicted molar refractivity (Wildman–Crippen MR) is 84.5 cm³/mol. The molecule has 0 atom stereocenters. The van der Waals surface area contributed by atoms with Crippen LogP contribution in [-0.2, 0) is 6.18 Å². The monoisotopic (exact) mass is 386 g/mol. The van der Waals surface area contributed by atoms with Crippen LogP contribution in [0.3, 0.4) is 0 Å². The van der Waals surface area contributed by atoms with E-state index in [1.165, 1.54) is 0 Å². The number of nitrogens with one attached hydrogen (secondary N) is 2. The van der Waals surface area contributed by atoms with E-state index < -0.39 is 55.7 Å². The number of alkyl halides is 3. The number of H-pyrrole nitrogens is 1. The highest BCUT2D eigenvalue weighted by molar-refractivity contribution is 6.06. The second-order valence-corrected chi connectivity index (χ2v) is 5.23. The van der Waals surface area contributed by atoms with Gasteiger partial charge >= 0.3 is 6.18 Å². The molecule has 142 valence electrons. The number of nitrogens with zero attached hydrogens (tertiary/aromatic N) is 2. The molecule has 0 aliphatic carbocycles. The second kappa shape index (κ2) is 6.86. The molecule has 1 aromatic carbocycles. The molecular weight excluding hydrogens is 377 g/mol. The Bertz CT molecular complexity index is 1010. The number of hydrogen-bond acceptors (Lipinski definition) is 6. The first kappa shape index (κ1) is 19.6. The number of amides is 1. The molecule has 0 fully saturated rings. The molecule has 0 bridgehead atoms. The van der Waals surface area contributed by atoms with Crippen LogP contribution in [0.2, 0.25) is 0 Å². The van der Waals surface area contributed by atoms with Gasteiger partial charge in [0.05, 0.1) is 27.0 Å². The largest absolute Gasteiger partial charge is 0.417 e. The highest BCUT2D eigenvalue weighted by atomic mass is 19.4. The van der Waals surface area contributed by atoms with Gasteiger partial charge in [0, 0.05) is 17.8 Å². The van der Waals surface area contributed by atoms with Crippen LogP contribution in [0.4, 0.5) is 30.2 Å². The van der Waals surface area contributed by atoms with E-state index in [-0.39, 0.29) is 5.56 Å². The minimum absolute atomic E-state index is 0.258. The third kappa shape index (κ3) is 4.08. The van der Waals surface area contributed by atoms with Gasteiger partial charge in [0.1, 0.15) is 5.69 Å². The Labute approximate surface area is 146 Å². The number of nitro benzene ring substituents is 2. The smallest absolute Gasteiger partial charge is 0.327 e. The van der Waals surface area contributed by atoms with E-state index in [0.717, 1.165) is 13.0 Å². The number of non-ortho nitro benzene ring substituents is 1. The van der Waals surface area contributed by atoms with E-state index in [4.69, 9.17) is 0 Å². The van der Waals surface area contributed by atoms with Gasteiger partial charge in [-0.1, -0.05) is 0 Å². The number of anilines is 1. The molecule has 0 saturated heterocycles. The second-order valence-electron chi connectivity index (χ2n) is 5.23. The van der Waals surface area contributed by atoms with Gasteiger partial charge in [-0.3, -0.25) is 29.8 Å². The van der Waals surface area contributed by atoms with Crippen LogP contribution < -0.4 is 10.9 Å². The van der Waals surface area contributed by atoms with Crippen LogP contribution in [-0.4, -0.2) is 20.7 Å². The van der Waals surface area contributed by atoms with Crippen LogP contribution in [0.15, 0.2) is 29.2 Å². The third-order valence-corrected chi connectivity index (χ3v) is 3.50. The van der Waals surface area contributed by atoms with Gasteiger partial charge in [0.15, 0.2) is 0 Å². The summed E-state index contributed by atoms with van der Waals surface area (Å²) in [5.74, 6) is -1.22. The van der Waals surface area contributed by atoms with Crippen LogP contribution in [0.5, 0.6) is 0 Å². The zero-order valence-corrected chi connectivity index (χ0v) is 13.3. The normalized spacial score (nSPS) is 11.1. The predicted octanol–water partition coefficient (Wildman–Crippen LogP) is 2.77. The fourth-order valence-electron chi connectivity index (χ4n) is 2.14. The van der Waals surface area contributed by atoms with Gasteiger partial charge in [0.25, 0.3) is 22.8 Å². The summed E-state index contributed by atoms with van der Waals surface area (Å²) in [7, 11) is 0. The molecule has 2 rings (SSSR count). The van der Waals surface area contributed by atoms with Gasteiger partial charge < -0.3 is 10.3 Å². The molecular formula is C14H9F3N4O6. The van der Waals surface area contributed by atoms with Crippen LogP contribution >= 0.6 is 0 Å². The maximum Gasteiger partial charge on any atom is 0.417 e. The number of aromatic nitrogens is 1. The van der Waals surface area contributed by atoms with E-state index >= 15 is 0 Å². The number of benzene rings is 1. The van der Waals surface area contributed by atoms with Crippen molar-refractivity contribution in [3.05, 3.63) is 71.7 Å². The third-order valence-electron chi connectivity index (χ3n) is 3.50. The maximum absolute atomic E-state index is 12.7. The molecule has 27 heavy (non-hydrogen) atoms. The first-order valence-electron chi connectivity index (χ1n) is 6.96. The fraction of sp³-hybridized carbons (Fsp3) is 0.143. The molecule has 0 unspecified atom stereocenters. The number of halogens is 3. The zero-order chi connectivity index (χ0) is 20.5. The summed E-state index contributed by atoms with van der Waals surface area (Å²) in [6.45, 7) is 1.13. The molecule has 2 aromatic rings. The van der Waals surface area contributed by atoms with Crippen LogP contribution in [0.1, 0.15) is 21.5 Å². The zero-order valence-electron chi connectivity index (χ0n) is 13.3. The lowest BCUT2D eigenvalue weighted by molar-refractivity contribution is -0.394. The number of pyridine rings is 1. The fourth-order valence-corrected chi connectivity index (χ4v) is 2.14. The van der Waals surface area contributed by atoms with Gasteiger partial charge in [-0.05, 0) is 13.0 Å². The number of carbonyl (C=O) groups is 1. The van der Waals surface area contributed by atoms with E-state index in [0.29, 0.717) is 18.3 Å². The number of hydrogen-bond donors (Lipinski definition) is 2. The molecule has 0 spiro atoms. The number of nitro groups is 2. The van der Waals surface area contributed by atoms with Crippen molar-refractivity contribution in [2.75, 3.05) is 5.32 Å². The van der Waals surface area contributed by atoms with Crippen molar-refractivity contribution in [3.63, 3.8) is 0 Å². The topological polar surface area (TPSA) is 148 Å². The molecule has 0 saturated carbocycles. The van der Waals surface area contributed by atoms with Crippen molar-refractivity contribution in [1.29, 1.82) is 0 Å². The summed E-state index contributed by atoms with van der Waals surface area (Å²) in [4.78, 5) is 45.7. The summed E-state index contributed by atoms with van der Waals surface area (Å²) >= 11 is 0. The molecule has 1 amide bonds. The summed E-state index contributed by atoms with van der Waals surface area (Å²) in [5.41, 5.74) is -5.38. The minimum atomic E-state index is -4.80. The average Bonchev–Trinajstić information content (AvgIpc) is 2.55. The van der Waals surface area contributed by atoms with E-state index in [1.807, 2.05) is 5.32 Å². The standard InChI is InChI=1S/C14H9F3N4O6/c1-6-9(3-8(20(24)25)4-11(6)21(26)27)12(22)19-10-2-7(14(15,16)17)5-18-13(10)23/h2-5H,1H3,(H,18,23)(H,19,22). The minimum Gasteiger partial charge on any atom is -0.327 e. The lowest BCUT2D eigenvalue weighted by Gasteiger charge is -2.10. The molecule has 2 N–H and O–H groups in total. The van der Waals surface area contributed by atoms with Gasteiger partial charge in [-0.15, -0.1) is 0 Å². The molecule has 0 aliphatic rings. The van der Waals surface area contributed by atoms with Crippen molar-refractivity contribution in [3.8, 4) is 0 Å². The van der Waals surface area contributed by atoms with E-state index in [2.05, 4.69) is 0 Å². The summed E-state index contributed by atoms with van der Waals surface area (Å²) < 4.78 is 38.2. The Balaban J connectivity index is 2.52. The van der Waals surface area contributed by atoms with E-state index in [9.17, 15) is 43.0 Å². The van der Waals surface area contributed by atoms with Crippen molar-refractivity contribution in [2.45, 2.75) is 13.1 Å². The van der Waals surface area contributed by atoms with Crippen LogP contribution in [0, 0.1) is 27.2 Å². The van der Waals surface area contributed by atoms with Gasteiger partial charge in [-0.25, -0.2) is 0 Å². The SMILES string of the molecule is Cc1c(C(=O)Nc2cc(C(F)(F)F)c[nH]c2=O)cc([N+](=O)[O-])cc1[N+](=O)[O-]. The van der Waals surface area contributed by atoms with E-state index in [1.54, 1.807) is 4.98 Å². The first-order valence-corrected chi connectivity index (χ1v) is 6.96. The van der Waals surface area contributed by atoms with Crippen molar-refractivity contribution in [1.82, 2.24) is 4.98 Å². The number of carbonyl (C=O) groups excluding carboxylic acids is 1. The molecule has 13 heteroatoms. The number of aromatic amines is 1. The number of rotatable bonds is 4. The molecule has 0 aliphatic heterocycles. The maximum atomic E-state index is 12.7. The Hall–Kier alpha value is -3.77. The van der Waals surface area contributed by atoms with Crippen molar-refractivity contribution >= 4 is 23.0 Å². The molecule has 1 heterocycles. The van der Waals surface area contributed by atoms with Crippen molar-refractivity contribution in [2.24, 2.45) is 0 Å². The molecule has 10 nitrogen and oxygen atoms in total. The lowest BCUT2D eigenvalue weighted by atomic mass is 10.0. The highest BCUT2D eigenvalue weighted by Gasteiger charge is 2.32. The Morgan fingerprint density at radius 2 is 1.78 bits per heavy atom. The van der Waals surface area contributed by atoms with Gasteiger partial charge in [-0.2, -0.15) is 13.2 Å². The summed E-state index contributed by atoms with van der Waals surface area (Å²) in [6, 6.07) is 1.74. The summed E-state index contributed by atoms with van der Waals surface area (Å²) in [6.07, 6.45) is -4.40. The highest BCUT2D eigenvalue weighted by Crippen LogP contribution is 2.30.